The van der Waals surface area contributed by atoms with Crippen LogP contribution in [-0.2, 0) is 5.41 Å². The van der Waals surface area contributed by atoms with Crippen LogP contribution in [-0.4, -0.2) is 11.8 Å². The molecule has 3 heteroatoms. The molecule has 2 aliphatic carbocycles. The van der Waals surface area contributed by atoms with Crippen LogP contribution in [0.5, 0.6) is 11.5 Å². The molecule has 3 nitrogen and oxygen atoms in total. The summed E-state index contributed by atoms with van der Waals surface area (Å²) in [4.78, 5) is 0. The topological polar surface area (TPSA) is 44.5 Å². The van der Waals surface area contributed by atoms with Gasteiger partial charge in [0.05, 0.1) is 0 Å². The Hall–Kier alpha value is -1.22. The highest BCUT2D eigenvalue weighted by molar-refractivity contribution is 5.49. The van der Waals surface area contributed by atoms with Crippen molar-refractivity contribution in [2.45, 2.75) is 62.7 Å². The van der Waals surface area contributed by atoms with Crippen molar-refractivity contribution in [3.8, 4) is 11.5 Å². The largest absolute Gasteiger partial charge is 0.448 e. The lowest BCUT2D eigenvalue weighted by molar-refractivity contribution is -0.0716. The van der Waals surface area contributed by atoms with Crippen LogP contribution in [0, 0.1) is 0 Å². The summed E-state index contributed by atoms with van der Waals surface area (Å²) in [5, 5.41) is 0. The monoisotopic (exact) mass is 259 g/mol. The fourth-order valence-electron chi connectivity index (χ4n) is 3.66. The van der Waals surface area contributed by atoms with Gasteiger partial charge in [-0.3, -0.25) is 0 Å². The molecule has 1 aromatic rings. The lowest BCUT2D eigenvalue weighted by Crippen LogP contribution is -2.34. The quantitative estimate of drug-likeness (QED) is 0.887. The highest BCUT2D eigenvalue weighted by atomic mass is 16.7. The molecule has 0 saturated heterocycles. The minimum absolute atomic E-state index is 0.184. The number of ether oxygens (including phenoxy) is 2. The molecule has 1 aliphatic heterocycles. The lowest BCUT2D eigenvalue weighted by Gasteiger charge is -2.21. The molecule has 1 spiro atoms. The number of nitrogens with two attached hydrogens (primary N) is 1. The highest BCUT2D eigenvalue weighted by Crippen LogP contribution is 2.54. The van der Waals surface area contributed by atoms with Gasteiger partial charge in [0.1, 0.15) is 0 Å². The average Bonchev–Trinajstić information content (AvgIpc) is 2.97. The second kappa shape index (κ2) is 3.66. The molecule has 0 radical (unpaired) electrons. The molecule has 2 fully saturated rings. The third kappa shape index (κ3) is 1.61. The van der Waals surface area contributed by atoms with E-state index >= 15 is 0 Å². The molecule has 4 rings (SSSR count). The van der Waals surface area contributed by atoms with E-state index in [1.165, 1.54) is 31.2 Å². The van der Waals surface area contributed by atoms with Crippen molar-refractivity contribution in [2.24, 2.45) is 5.73 Å². The predicted molar refractivity (Wildman–Crippen MR) is 73.5 cm³/mol. The van der Waals surface area contributed by atoms with E-state index in [-0.39, 0.29) is 17.2 Å². The van der Waals surface area contributed by atoms with E-state index in [9.17, 15) is 0 Å². The summed E-state index contributed by atoms with van der Waals surface area (Å²) >= 11 is 0. The Morgan fingerprint density at radius 1 is 1.05 bits per heavy atom. The molecule has 2 N–H and O–H groups in total. The van der Waals surface area contributed by atoms with Crippen molar-refractivity contribution >= 4 is 0 Å². The van der Waals surface area contributed by atoms with E-state index in [1.54, 1.807) is 0 Å². The zero-order valence-corrected chi connectivity index (χ0v) is 11.4. The van der Waals surface area contributed by atoms with Gasteiger partial charge in [-0.15, -0.1) is 0 Å². The first-order chi connectivity index (χ1) is 9.14. The number of hydrogen-bond acceptors (Lipinski definition) is 3. The normalized spacial score (nSPS) is 26.6. The molecule has 0 amide bonds. The Balaban J connectivity index is 1.67. The second-order valence-corrected chi connectivity index (χ2v) is 6.43. The summed E-state index contributed by atoms with van der Waals surface area (Å²) < 4.78 is 12.2. The van der Waals surface area contributed by atoms with Gasteiger partial charge in [0.25, 0.3) is 5.79 Å². The number of fused-ring (bicyclic) bond motifs is 1. The molecular weight excluding hydrogens is 238 g/mol. The first-order valence-electron chi connectivity index (χ1n) is 7.42. The molecule has 0 bridgehead atoms. The fourth-order valence-corrected chi connectivity index (χ4v) is 3.66. The molecule has 1 heterocycles. The van der Waals surface area contributed by atoms with Gasteiger partial charge in [0.2, 0.25) is 0 Å². The Morgan fingerprint density at radius 2 is 1.74 bits per heavy atom. The van der Waals surface area contributed by atoms with E-state index in [2.05, 4.69) is 25.1 Å². The van der Waals surface area contributed by atoms with Crippen LogP contribution in [0.4, 0.5) is 0 Å². The van der Waals surface area contributed by atoms with Crippen LogP contribution in [0.3, 0.4) is 0 Å². The van der Waals surface area contributed by atoms with Crippen LogP contribution in [0.2, 0.25) is 0 Å². The second-order valence-electron chi connectivity index (χ2n) is 6.43. The maximum absolute atomic E-state index is 6.15. The fraction of sp³-hybridized carbons (Fsp3) is 0.625. The summed E-state index contributed by atoms with van der Waals surface area (Å²) in [5.74, 6) is 1.48. The summed E-state index contributed by atoms with van der Waals surface area (Å²) in [6.45, 7) is 2.11. The summed E-state index contributed by atoms with van der Waals surface area (Å²) in [7, 11) is 0. The van der Waals surface area contributed by atoms with Crippen molar-refractivity contribution in [2.75, 3.05) is 0 Å². The Morgan fingerprint density at radius 3 is 2.37 bits per heavy atom. The first kappa shape index (κ1) is 11.6. The van der Waals surface area contributed by atoms with Crippen molar-refractivity contribution < 1.29 is 9.47 Å². The van der Waals surface area contributed by atoms with Gasteiger partial charge in [-0.05, 0) is 50.3 Å². The minimum atomic E-state index is -0.355. The van der Waals surface area contributed by atoms with E-state index in [0.29, 0.717) is 0 Å². The number of rotatable bonds is 2. The standard InChI is InChI=1S/C16H21NO2/c1-11(17)15(8-9-15)12-4-5-13-14(10-12)19-16(18-13)6-2-3-7-16/h4-5,10-11H,2-3,6-9,17H2,1H3. The van der Waals surface area contributed by atoms with E-state index in [4.69, 9.17) is 15.2 Å². The molecular formula is C16H21NO2. The Labute approximate surface area is 114 Å². The lowest BCUT2D eigenvalue weighted by atomic mass is 9.89. The van der Waals surface area contributed by atoms with Crippen LogP contribution in [0.15, 0.2) is 18.2 Å². The molecule has 1 aromatic carbocycles. The first-order valence-corrected chi connectivity index (χ1v) is 7.42. The zero-order valence-electron chi connectivity index (χ0n) is 11.4. The van der Waals surface area contributed by atoms with Crippen LogP contribution in [0.25, 0.3) is 0 Å². The highest BCUT2D eigenvalue weighted by Gasteiger charge is 2.49. The molecule has 19 heavy (non-hydrogen) atoms. The van der Waals surface area contributed by atoms with Gasteiger partial charge < -0.3 is 15.2 Å². The van der Waals surface area contributed by atoms with Gasteiger partial charge in [-0.2, -0.15) is 0 Å². The van der Waals surface area contributed by atoms with Crippen molar-refractivity contribution in [3.05, 3.63) is 23.8 Å². The number of benzene rings is 1. The van der Waals surface area contributed by atoms with E-state index in [0.717, 1.165) is 24.3 Å². The van der Waals surface area contributed by atoms with E-state index in [1.807, 2.05) is 0 Å². The number of hydrogen-bond donors (Lipinski definition) is 1. The van der Waals surface area contributed by atoms with Crippen LogP contribution < -0.4 is 15.2 Å². The summed E-state index contributed by atoms with van der Waals surface area (Å²) in [6.07, 6.45) is 6.80. The van der Waals surface area contributed by atoms with Gasteiger partial charge in [0.15, 0.2) is 11.5 Å². The smallest absolute Gasteiger partial charge is 0.251 e. The van der Waals surface area contributed by atoms with Crippen molar-refractivity contribution in [1.29, 1.82) is 0 Å². The van der Waals surface area contributed by atoms with Crippen LogP contribution in [0.1, 0.15) is 51.0 Å². The third-order valence-electron chi connectivity index (χ3n) is 5.14. The van der Waals surface area contributed by atoms with Gasteiger partial charge in [0, 0.05) is 24.3 Å². The molecule has 3 aliphatic rings. The molecule has 0 aromatic heterocycles. The zero-order chi connectivity index (χ0) is 13.1. The molecule has 1 atom stereocenters. The Kier molecular flexibility index (Phi) is 2.23. The van der Waals surface area contributed by atoms with Crippen LogP contribution >= 0.6 is 0 Å². The summed E-state index contributed by atoms with van der Waals surface area (Å²) in [5.41, 5.74) is 7.66. The van der Waals surface area contributed by atoms with Gasteiger partial charge >= 0.3 is 0 Å². The SMILES string of the molecule is CC(N)C1(c2ccc3c(c2)OC2(CCCC2)O3)CC1. The molecule has 2 saturated carbocycles. The Bertz CT molecular complexity index is 513. The van der Waals surface area contributed by atoms with Gasteiger partial charge in [-0.25, -0.2) is 0 Å². The van der Waals surface area contributed by atoms with Crippen molar-refractivity contribution in [1.82, 2.24) is 0 Å². The molecule has 1 unspecified atom stereocenters. The van der Waals surface area contributed by atoms with Crippen molar-refractivity contribution in [3.63, 3.8) is 0 Å². The maximum atomic E-state index is 6.15. The summed E-state index contributed by atoms with van der Waals surface area (Å²) in [6, 6.07) is 6.61. The third-order valence-corrected chi connectivity index (χ3v) is 5.14. The van der Waals surface area contributed by atoms with Gasteiger partial charge in [-0.1, -0.05) is 6.07 Å². The minimum Gasteiger partial charge on any atom is -0.448 e. The predicted octanol–water partition coefficient (Wildman–Crippen LogP) is 3.11. The maximum Gasteiger partial charge on any atom is 0.251 e. The average molecular weight is 259 g/mol. The molecule has 102 valence electrons. The van der Waals surface area contributed by atoms with E-state index < -0.39 is 0 Å².